The van der Waals surface area contributed by atoms with Gasteiger partial charge in [-0.15, -0.1) is 11.3 Å². The van der Waals surface area contributed by atoms with E-state index in [0.29, 0.717) is 9.90 Å². The quantitative estimate of drug-likeness (QED) is 0.684. The first-order valence-electron chi connectivity index (χ1n) is 4.26. The van der Waals surface area contributed by atoms with Gasteiger partial charge in [0.1, 0.15) is 0 Å². The Balaban J connectivity index is 2.27. The van der Waals surface area contributed by atoms with Gasteiger partial charge in [0.2, 0.25) is 0 Å². The van der Waals surface area contributed by atoms with E-state index < -0.39 is 0 Å². The minimum atomic E-state index is 0.123. The number of carbonyl (C=O) groups excluding carboxylic acids is 1. The first kappa shape index (κ1) is 8.97. The van der Waals surface area contributed by atoms with Crippen LogP contribution < -0.4 is 0 Å². The van der Waals surface area contributed by atoms with Crippen molar-refractivity contribution in [3.05, 3.63) is 33.0 Å². The van der Waals surface area contributed by atoms with E-state index >= 15 is 0 Å². The summed E-state index contributed by atoms with van der Waals surface area (Å²) in [6.07, 6.45) is 5.07. The van der Waals surface area contributed by atoms with Gasteiger partial charge >= 0.3 is 0 Å². The Kier molecular flexibility index (Phi) is 2.51. The predicted molar refractivity (Wildman–Crippen MR) is 55.6 cm³/mol. The molecule has 0 amide bonds. The van der Waals surface area contributed by atoms with Gasteiger partial charge in [-0.3, -0.25) is 4.79 Å². The molecule has 0 radical (unpaired) electrons. The van der Waals surface area contributed by atoms with Crippen molar-refractivity contribution in [2.24, 2.45) is 0 Å². The van der Waals surface area contributed by atoms with E-state index in [9.17, 15) is 4.79 Å². The van der Waals surface area contributed by atoms with Crippen LogP contribution in [-0.4, -0.2) is 5.78 Å². The number of Topliss-reactive ketones (excluding diaryl/α,β-unsaturated/α-hetero) is 1. The fourth-order valence-corrected chi connectivity index (χ4v) is 2.59. The Morgan fingerprint density at radius 3 is 2.92 bits per heavy atom. The molecule has 1 aliphatic rings. The number of rotatable bonds is 2. The van der Waals surface area contributed by atoms with E-state index in [1.165, 1.54) is 11.3 Å². The highest BCUT2D eigenvalue weighted by Gasteiger charge is 2.18. The summed E-state index contributed by atoms with van der Waals surface area (Å²) < 4.78 is 0. The molecule has 0 saturated carbocycles. The molecule has 1 nitrogen and oxygen atoms in total. The molecule has 0 N–H and O–H groups in total. The van der Waals surface area contributed by atoms with Crippen LogP contribution in [-0.2, 0) is 0 Å². The fraction of sp³-hybridized carbons (Fsp3) is 0.300. The van der Waals surface area contributed by atoms with Gasteiger partial charge in [0.25, 0.3) is 0 Å². The van der Waals surface area contributed by atoms with Crippen molar-refractivity contribution < 1.29 is 4.79 Å². The van der Waals surface area contributed by atoms with E-state index in [1.807, 2.05) is 11.5 Å². The second-order valence-electron chi connectivity index (χ2n) is 3.05. The van der Waals surface area contributed by atoms with E-state index in [2.05, 4.69) is 0 Å². The molecule has 2 rings (SSSR count). The number of ketones is 1. The SMILES string of the molecule is O=C(C1=CCCC1)c1sccc1Cl. The summed E-state index contributed by atoms with van der Waals surface area (Å²) in [7, 11) is 0. The summed E-state index contributed by atoms with van der Waals surface area (Å²) in [5, 5.41) is 2.44. The van der Waals surface area contributed by atoms with Gasteiger partial charge in [0, 0.05) is 0 Å². The second-order valence-corrected chi connectivity index (χ2v) is 4.37. The normalized spacial score (nSPS) is 15.9. The number of thiophene rings is 1. The van der Waals surface area contributed by atoms with Gasteiger partial charge in [-0.1, -0.05) is 17.7 Å². The molecule has 13 heavy (non-hydrogen) atoms. The van der Waals surface area contributed by atoms with Crippen LogP contribution in [0.4, 0.5) is 0 Å². The van der Waals surface area contributed by atoms with Crippen LogP contribution in [0.1, 0.15) is 28.9 Å². The Morgan fingerprint density at radius 1 is 1.54 bits per heavy atom. The zero-order chi connectivity index (χ0) is 9.26. The Morgan fingerprint density at radius 2 is 2.38 bits per heavy atom. The summed E-state index contributed by atoms with van der Waals surface area (Å²) in [5.74, 6) is 0.123. The molecule has 0 aromatic carbocycles. The molecule has 0 atom stereocenters. The van der Waals surface area contributed by atoms with Crippen LogP contribution in [0.2, 0.25) is 5.02 Å². The highest BCUT2D eigenvalue weighted by molar-refractivity contribution is 7.13. The fourth-order valence-electron chi connectivity index (χ4n) is 1.48. The van der Waals surface area contributed by atoms with Crippen LogP contribution in [0.5, 0.6) is 0 Å². The smallest absolute Gasteiger partial charge is 0.200 e. The monoisotopic (exact) mass is 212 g/mol. The molecule has 0 spiro atoms. The molecule has 0 saturated heterocycles. The Labute approximate surface area is 86.0 Å². The minimum Gasteiger partial charge on any atom is -0.288 e. The van der Waals surface area contributed by atoms with Crippen molar-refractivity contribution in [3.63, 3.8) is 0 Å². The molecule has 0 fully saturated rings. The lowest BCUT2D eigenvalue weighted by Crippen LogP contribution is -1.98. The van der Waals surface area contributed by atoms with Crippen molar-refractivity contribution in [3.8, 4) is 0 Å². The third-order valence-corrected chi connectivity index (χ3v) is 3.50. The van der Waals surface area contributed by atoms with E-state index in [4.69, 9.17) is 11.6 Å². The summed E-state index contributed by atoms with van der Waals surface area (Å²) in [6, 6.07) is 1.77. The summed E-state index contributed by atoms with van der Waals surface area (Å²) in [6.45, 7) is 0. The molecule has 3 heteroatoms. The molecule has 0 unspecified atom stereocenters. The summed E-state index contributed by atoms with van der Waals surface area (Å²) in [4.78, 5) is 12.5. The molecule has 0 aliphatic heterocycles. The van der Waals surface area contributed by atoms with Gasteiger partial charge in [-0.25, -0.2) is 0 Å². The number of carbonyl (C=O) groups is 1. The first-order chi connectivity index (χ1) is 6.29. The van der Waals surface area contributed by atoms with Gasteiger partial charge in [0.05, 0.1) is 9.90 Å². The summed E-state index contributed by atoms with van der Waals surface area (Å²) in [5.41, 5.74) is 0.935. The maximum atomic E-state index is 11.8. The third-order valence-electron chi connectivity index (χ3n) is 2.16. The predicted octanol–water partition coefficient (Wildman–Crippen LogP) is 3.69. The Bertz CT molecular complexity index is 365. The van der Waals surface area contributed by atoms with Crippen molar-refractivity contribution in [2.75, 3.05) is 0 Å². The molecule has 1 aliphatic carbocycles. The van der Waals surface area contributed by atoms with Gasteiger partial charge in [-0.2, -0.15) is 0 Å². The number of hydrogen-bond acceptors (Lipinski definition) is 2. The molecule has 0 bridgehead atoms. The zero-order valence-corrected chi connectivity index (χ0v) is 8.62. The topological polar surface area (TPSA) is 17.1 Å². The lowest BCUT2D eigenvalue weighted by molar-refractivity contribution is 0.103. The van der Waals surface area contributed by atoms with Crippen molar-refractivity contribution in [2.45, 2.75) is 19.3 Å². The van der Waals surface area contributed by atoms with E-state index in [-0.39, 0.29) is 5.78 Å². The zero-order valence-electron chi connectivity index (χ0n) is 7.05. The third kappa shape index (κ3) is 1.69. The average molecular weight is 213 g/mol. The van der Waals surface area contributed by atoms with Crippen molar-refractivity contribution >= 4 is 28.7 Å². The highest BCUT2D eigenvalue weighted by Crippen LogP contribution is 2.28. The van der Waals surface area contributed by atoms with Crippen molar-refractivity contribution in [1.82, 2.24) is 0 Å². The second kappa shape index (κ2) is 3.64. The lowest BCUT2D eigenvalue weighted by atomic mass is 10.1. The number of hydrogen-bond donors (Lipinski definition) is 0. The molecular weight excluding hydrogens is 204 g/mol. The molecule has 68 valence electrons. The van der Waals surface area contributed by atoms with Gasteiger partial charge in [-0.05, 0) is 36.3 Å². The average Bonchev–Trinajstić information content (AvgIpc) is 2.72. The van der Waals surface area contributed by atoms with Crippen LogP contribution in [0, 0.1) is 0 Å². The Hall–Kier alpha value is -0.600. The van der Waals surface area contributed by atoms with Crippen LogP contribution in [0.25, 0.3) is 0 Å². The lowest BCUT2D eigenvalue weighted by Gasteiger charge is -1.97. The minimum absolute atomic E-state index is 0.123. The van der Waals surface area contributed by atoms with E-state index in [1.54, 1.807) is 6.07 Å². The molecule has 1 heterocycles. The number of halogens is 1. The van der Waals surface area contributed by atoms with Crippen LogP contribution >= 0.6 is 22.9 Å². The largest absolute Gasteiger partial charge is 0.288 e. The maximum Gasteiger partial charge on any atom is 0.200 e. The number of allylic oxidation sites excluding steroid dienone is 2. The highest BCUT2D eigenvalue weighted by atomic mass is 35.5. The molecule has 1 aromatic rings. The van der Waals surface area contributed by atoms with Crippen molar-refractivity contribution in [1.29, 1.82) is 0 Å². The molecule has 1 aromatic heterocycles. The van der Waals surface area contributed by atoms with E-state index in [0.717, 1.165) is 24.8 Å². The van der Waals surface area contributed by atoms with Gasteiger partial charge < -0.3 is 0 Å². The maximum absolute atomic E-state index is 11.8. The van der Waals surface area contributed by atoms with Crippen LogP contribution in [0.3, 0.4) is 0 Å². The standard InChI is InChI=1S/C10H9ClOS/c11-8-5-6-13-10(8)9(12)7-3-1-2-4-7/h3,5-6H,1-2,4H2. The summed E-state index contributed by atoms with van der Waals surface area (Å²) >= 11 is 7.30. The molecular formula is C10H9ClOS. The van der Waals surface area contributed by atoms with Crippen LogP contribution in [0.15, 0.2) is 23.1 Å². The van der Waals surface area contributed by atoms with Gasteiger partial charge in [0.15, 0.2) is 5.78 Å². The first-order valence-corrected chi connectivity index (χ1v) is 5.51.